The van der Waals surface area contributed by atoms with E-state index in [2.05, 4.69) is 25.1 Å². The van der Waals surface area contributed by atoms with Crippen molar-refractivity contribution in [2.45, 2.75) is 4.90 Å². The van der Waals surface area contributed by atoms with Crippen LogP contribution in [0.15, 0.2) is 29.2 Å². The van der Waals surface area contributed by atoms with E-state index in [0.29, 0.717) is 0 Å². The van der Waals surface area contributed by atoms with Gasteiger partial charge in [0.05, 0.1) is 5.56 Å². The van der Waals surface area contributed by atoms with Crippen molar-refractivity contribution in [2.24, 2.45) is 0 Å². The van der Waals surface area contributed by atoms with Crippen LogP contribution in [0.1, 0.15) is 5.56 Å². The third kappa shape index (κ3) is 3.41. The molecule has 0 aliphatic rings. The smallest absolute Gasteiger partial charge is 0.100 e. The Morgan fingerprint density at radius 1 is 1.36 bits per heavy atom. The molecule has 0 amide bonds. The third-order valence-electron chi connectivity index (χ3n) is 1.80. The molecule has 1 aromatic rings. The molecule has 1 aromatic carbocycles. The number of nitrogens with zero attached hydrogens (tertiary/aromatic N) is 2. The van der Waals surface area contributed by atoms with Gasteiger partial charge in [-0.3, -0.25) is 0 Å². The van der Waals surface area contributed by atoms with Gasteiger partial charge in [0.2, 0.25) is 0 Å². The van der Waals surface area contributed by atoms with E-state index in [0.717, 1.165) is 22.8 Å². The van der Waals surface area contributed by atoms with Crippen molar-refractivity contribution in [3.8, 4) is 6.07 Å². The van der Waals surface area contributed by atoms with E-state index >= 15 is 0 Å². The maximum atomic E-state index is 8.85. The first kappa shape index (κ1) is 11.1. The molecular weight excluding hydrogens is 192 g/mol. The summed E-state index contributed by atoms with van der Waals surface area (Å²) < 4.78 is 0. The van der Waals surface area contributed by atoms with Gasteiger partial charge < -0.3 is 4.90 Å². The number of nitriles is 1. The summed E-state index contributed by atoms with van der Waals surface area (Å²) >= 11 is 1.74. The largest absolute Gasteiger partial charge is 0.309 e. The maximum Gasteiger partial charge on any atom is 0.100 e. The van der Waals surface area contributed by atoms with Crippen molar-refractivity contribution < 1.29 is 0 Å². The Morgan fingerprint density at radius 3 is 2.71 bits per heavy atom. The standard InChI is InChI=1S/C11H14N2S/c1-13(2)7-8-14-11-6-4-3-5-10(11)9-12/h3-6H,7-8H2,1-2H3. The minimum atomic E-state index is 0.774. The van der Waals surface area contributed by atoms with Crippen LogP contribution < -0.4 is 0 Å². The molecule has 0 saturated heterocycles. The van der Waals surface area contributed by atoms with Crippen LogP contribution in [0.2, 0.25) is 0 Å². The number of hydrogen-bond acceptors (Lipinski definition) is 3. The minimum absolute atomic E-state index is 0.774. The van der Waals surface area contributed by atoms with Gasteiger partial charge in [-0.25, -0.2) is 0 Å². The van der Waals surface area contributed by atoms with Gasteiger partial charge in [-0.05, 0) is 26.2 Å². The molecule has 0 fully saturated rings. The fourth-order valence-corrected chi connectivity index (χ4v) is 2.14. The molecule has 0 aromatic heterocycles. The van der Waals surface area contributed by atoms with E-state index in [4.69, 9.17) is 5.26 Å². The number of hydrogen-bond donors (Lipinski definition) is 0. The molecule has 2 nitrogen and oxygen atoms in total. The Morgan fingerprint density at radius 2 is 2.07 bits per heavy atom. The zero-order chi connectivity index (χ0) is 10.4. The Bertz CT molecular complexity index is 328. The first-order valence-corrected chi connectivity index (χ1v) is 5.49. The summed E-state index contributed by atoms with van der Waals surface area (Å²) in [5, 5.41) is 8.85. The van der Waals surface area contributed by atoms with E-state index in [-0.39, 0.29) is 0 Å². The summed E-state index contributed by atoms with van der Waals surface area (Å²) in [5.41, 5.74) is 0.774. The fourth-order valence-electron chi connectivity index (χ4n) is 1.02. The van der Waals surface area contributed by atoms with Crippen LogP contribution in [0.4, 0.5) is 0 Å². The highest BCUT2D eigenvalue weighted by atomic mass is 32.2. The molecule has 14 heavy (non-hydrogen) atoms. The fraction of sp³-hybridized carbons (Fsp3) is 0.364. The molecule has 0 aliphatic heterocycles. The molecule has 0 saturated carbocycles. The lowest BCUT2D eigenvalue weighted by atomic mass is 10.2. The molecule has 0 aliphatic carbocycles. The van der Waals surface area contributed by atoms with Crippen LogP contribution in [0.3, 0.4) is 0 Å². The lowest BCUT2D eigenvalue weighted by molar-refractivity contribution is 0.437. The van der Waals surface area contributed by atoms with Crippen LogP contribution in [0.5, 0.6) is 0 Å². The average molecular weight is 206 g/mol. The number of thioether (sulfide) groups is 1. The predicted octanol–water partition coefficient (Wildman–Crippen LogP) is 2.21. The Balaban J connectivity index is 2.54. The topological polar surface area (TPSA) is 27.0 Å². The monoisotopic (exact) mass is 206 g/mol. The van der Waals surface area contributed by atoms with Crippen molar-refractivity contribution in [2.75, 3.05) is 26.4 Å². The van der Waals surface area contributed by atoms with E-state index in [1.54, 1.807) is 11.8 Å². The van der Waals surface area contributed by atoms with Gasteiger partial charge in [0.15, 0.2) is 0 Å². The van der Waals surface area contributed by atoms with Crippen LogP contribution in [0, 0.1) is 11.3 Å². The molecular formula is C11H14N2S. The average Bonchev–Trinajstić information content (AvgIpc) is 2.18. The second-order valence-corrected chi connectivity index (χ2v) is 4.40. The van der Waals surface area contributed by atoms with Crippen LogP contribution in [-0.2, 0) is 0 Å². The second-order valence-electron chi connectivity index (χ2n) is 3.26. The summed E-state index contributed by atoms with van der Waals surface area (Å²) in [5.74, 6) is 1.02. The Labute approximate surface area is 89.5 Å². The third-order valence-corrected chi connectivity index (χ3v) is 2.86. The first-order chi connectivity index (χ1) is 6.74. The van der Waals surface area contributed by atoms with Crippen molar-refractivity contribution in [1.82, 2.24) is 4.90 Å². The van der Waals surface area contributed by atoms with Crippen molar-refractivity contribution in [3.05, 3.63) is 29.8 Å². The van der Waals surface area contributed by atoms with Crippen molar-refractivity contribution in [1.29, 1.82) is 5.26 Å². The molecule has 0 spiro atoms. The summed E-state index contributed by atoms with van der Waals surface area (Å²) in [4.78, 5) is 3.22. The second kappa shape index (κ2) is 5.69. The normalized spacial score (nSPS) is 10.1. The van der Waals surface area contributed by atoms with Gasteiger partial charge >= 0.3 is 0 Å². The van der Waals surface area contributed by atoms with Crippen LogP contribution >= 0.6 is 11.8 Å². The Hall–Kier alpha value is -0.980. The highest BCUT2D eigenvalue weighted by Crippen LogP contribution is 2.21. The van der Waals surface area contributed by atoms with Gasteiger partial charge in [0, 0.05) is 17.2 Å². The maximum absolute atomic E-state index is 8.85. The van der Waals surface area contributed by atoms with Gasteiger partial charge in [-0.2, -0.15) is 5.26 Å². The highest BCUT2D eigenvalue weighted by Gasteiger charge is 2.00. The molecule has 0 unspecified atom stereocenters. The van der Waals surface area contributed by atoms with Gasteiger partial charge in [0.25, 0.3) is 0 Å². The molecule has 0 radical (unpaired) electrons. The lowest BCUT2D eigenvalue weighted by Crippen LogP contribution is -2.14. The zero-order valence-corrected chi connectivity index (χ0v) is 9.34. The molecule has 3 heteroatoms. The van der Waals surface area contributed by atoms with E-state index in [1.165, 1.54) is 0 Å². The molecule has 0 bridgehead atoms. The predicted molar refractivity (Wildman–Crippen MR) is 60.4 cm³/mol. The SMILES string of the molecule is CN(C)CCSc1ccccc1C#N. The first-order valence-electron chi connectivity index (χ1n) is 4.50. The molecule has 0 atom stereocenters. The van der Waals surface area contributed by atoms with Crippen molar-refractivity contribution >= 4 is 11.8 Å². The molecule has 0 heterocycles. The van der Waals surface area contributed by atoms with E-state index in [1.807, 2.05) is 24.3 Å². The number of rotatable bonds is 4. The van der Waals surface area contributed by atoms with Crippen LogP contribution in [-0.4, -0.2) is 31.3 Å². The minimum Gasteiger partial charge on any atom is -0.309 e. The zero-order valence-electron chi connectivity index (χ0n) is 8.53. The van der Waals surface area contributed by atoms with Gasteiger partial charge in [-0.1, -0.05) is 12.1 Å². The molecule has 74 valence electrons. The summed E-state index contributed by atoms with van der Waals surface area (Å²) in [6, 6.07) is 9.93. The van der Waals surface area contributed by atoms with Crippen molar-refractivity contribution in [3.63, 3.8) is 0 Å². The van der Waals surface area contributed by atoms with Gasteiger partial charge in [0.1, 0.15) is 6.07 Å². The van der Waals surface area contributed by atoms with E-state index in [9.17, 15) is 0 Å². The number of benzene rings is 1. The summed E-state index contributed by atoms with van der Waals surface area (Å²) in [6.45, 7) is 1.03. The quantitative estimate of drug-likeness (QED) is 0.707. The molecule has 0 N–H and O–H groups in total. The summed E-state index contributed by atoms with van der Waals surface area (Å²) in [6.07, 6.45) is 0. The van der Waals surface area contributed by atoms with Crippen LogP contribution in [0.25, 0.3) is 0 Å². The molecule has 1 rings (SSSR count). The van der Waals surface area contributed by atoms with Gasteiger partial charge in [-0.15, -0.1) is 11.8 Å². The Kier molecular flexibility index (Phi) is 4.51. The van der Waals surface area contributed by atoms with E-state index < -0.39 is 0 Å². The summed E-state index contributed by atoms with van der Waals surface area (Å²) in [7, 11) is 4.10. The lowest BCUT2D eigenvalue weighted by Gasteiger charge is -2.09. The highest BCUT2D eigenvalue weighted by molar-refractivity contribution is 7.99.